The van der Waals surface area contributed by atoms with E-state index in [0.29, 0.717) is 16.8 Å². The first-order valence-corrected chi connectivity index (χ1v) is 3.92. The predicted octanol–water partition coefficient (Wildman–Crippen LogP) is 2.17. The van der Waals surface area contributed by atoms with Crippen LogP contribution in [0.5, 0.6) is 0 Å². The molecule has 0 spiro atoms. The van der Waals surface area contributed by atoms with E-state index in [-0.39, 0.29) is 0 Å². The van der Waals surface area contributed by atoms with Crippen molar-refractivity contribution in [2.24, 2.45) is 0 Å². The molecule has 0 saturated heterocycles. The highest BCUT2D eigenvalue weighted by atomic mass is 16.5. The number of hydrogen-bond donors (Lipinski definition) is 0. The van der Waals surface area contributed by atoms with Crippen molar-refractivity contribution < 1.29 is 0 Å². The first-order chi connectivity index (χ1) is 6.22. The van der Waals surface area contributed by atoms with Crippen LogP contribution >= 0.6 is 0 Å². The Morgan fingerprint density at radius 3 is 2.85 bits per heavy atom. The van der Waals surface area contributed by atoms with Gasteiger partial charge in [0.05, 0.1) is 11.6 Å². The summed E-state index contributed by atoms with van der Waals surface area (Å²) in [4.78, 5) is 0. The Labute approximate surface area is 75.4 Å². The Hall–Kier alpha value is -1.95. The van der Waals surface area contributed by atoms with Crippen LogP contribution in [-0.4, -0.2) is 4.73 Å². The average Bonchev–Trinajstić information content (AvgIpc) is 2.42. The third kappa shape index (κ3) is 1.04. The molecule has 3 nitrogen and oxygen atoms in total. The molecule has 0 unspecified atom stereocenters. The van der Waals surface area contributed by atoms with Crippen molar-refractivity contribution in [2.45, 2.75) is 6.92 Å². The maximum absolute atomic E-state index is 11.4. The highest BCUT2D eigenvalue weighted by Gasteiger charge is 1.99. The molecule has 0 aliphatic carbocycles. The molecule has 0 saturated carbocycles. The second kappa shape index (κ2) is 2.53. The van der Waals surface area contributed by atoms with Gasteiger partial charge in [-0.15, -0.1) is 0 Å². The van der Waals surface area contributed by atoms with E-state index < -0.39 is 0 Å². The van der Waals surface area contributed by atoms with Gasteiger partial charge in [-0.3, -0.25) is 0 Å². The molecule has 2 rings (SSSR count). The minimum absolute atomic E-state index is 0.582. The minimum atomic E-state index is 0.582. The van der Waals surface area contributed by atoms with Crippen LogP contribution in [0.3, 0.4) is 0 Å². The molecule has 0 aliphatic rings. The lowest BCUT2D eigenvalue weighted by Crippen LogP contribution is -1.86. The van der Waals surface area contributed by atoms with Gasteiger partial charge in [0.15, 0.2) is 0 Å². The van der Waals surface area contributed by atoms with E-state index in [1.807, 2.05) is 6.07 Å². The van der Waals surface area contributed by atoms with E-state index in [2.05, 4.69) is 0 Å². The van der Waals surface area contributed by atoms with Gasteiger partial charge in [0.1, 0.15) is 0 Å². The second-order valence-corrected chi connectivity index (χ2v) is 2.97. The van der Waals surface area contributed by atoms with Crippen LogP contribution in [-0.2, 0) is 0 Å². The fraction of sp³-hybridized carbons (Fsp3) is 0.100. The number of fused-ring (bicyclic) bond motifs is 1. The van der Waals surface area contributed by atoms with Crippen molar-refractivity contribution in [3.05, 3.63) is 40.7 Å². The SMILES string of the molecule is Cc1cc2cc(C#N)ccc2n1[O-]. The Bertz CT molecular complexity index is 505. The molecular weight excluding hydrogens is 164 g/mol. The van der Waals surface area contributed by atoms with E-state index in [4.69, 9.17) is 5.26 Å². The summed E-state index contributed by atoms with van der Waals surface area (Å²) in [6.45, 7) is 1.75. The first kappa shape index (κ1) is 7.69. The van der Waals surface area contributed by atoms with Crippen LogP contribution < -0.4 is 0 Å². The summed E-state index contributed by atoms with van der Waals surface area (Å²) in [5.41, 5.74) is 1.86. The third-order valence-corrected chi connectivity index (χ3v) is 2.06. The molecule has 3 heteroatoms. The summed E-state index contributed by atoms with van der Waals surface area (Å²) in [5, 5.41) is 20.8. The van der Waals surface area contributed by atoms with Crippen LogP contribution in [0.25, 0.3) is 10.9 Å². The molecule has 0 fully saturated rings. The van der Waals surface area contributed by atoms with Gasteiger partial charge >= 0.3 is 0 Å². The highest BCUT2D eigenvalue weighted by molar-refractivity contribution is 5.83. The first-order valence-electron chi connectivity index (χ1n) is 3.92. The zero-order valence-electron chi connectivity index (χ0n) is 7.11. The van der Waals surface area contributed by atoms with Crippen molar-refractivity contribution in [1.82, 2.24) is 4.73 Å². The highest BCUT2D eigenvalue weighted by Crippen LogP contribution is 2.19. The van der Waals surface area contributed by atoms with Crippen molar-refractivity contribution >= 4 is 10.9 Å². The van der Waals surface area contributed by atoms with E-state index in [9.17, 15) is 5.21 Å². The summed E-state index contributed by atoms with van der Waals surface area (Å²) in [6.07, 6.45) is 0. The van der Waals surface area contributed by atoms with Crippen LogP contribution in [0.4, 0.5) is 0 Å². The lowest BCUT2D eigenvalue weighted by Gasteiger charge is -2.10. The molecule has 0 amide bonds. The topological polar surface area (TPSA) is 51.8 Å². The molecule has 0 N–H and O–H groups in total. The lowest BCUT2D eigenvalue weighted by molar-refractivity contribution is 1.07. The fourth-order valence-electron chi connectivity index (χ4n) is 1.40. The third-order valence-electron chi connectivity index (χ3n) is 2.06. The van der Waals surface area contributed by atoms with Gasteiger partial charge in [-0.2, -0.15) is 5.26 Å². The summed E-state index contributed by atoms with van der Waals surface area (Å²) in [7, 11) is 0. The Kier molecular flexibility index (Phi) is 1.49. The van der Waals surface area contributed by atoms with Gasteiger partial charge in [0.2, 0.25) is 0 Å². The van der Waals surface area contributed by atoms with Crippen LogP contribution in [0.2, 0.25) is 0 Å². The van der Waals surface area contributed by atoms with E-state index in [1.165, 1.54) is 0 Å². The lowest BCUT2D eigenvalue weighted by atomic mass is 10.2. The Balaban J connectivity index is 2.82. The predicted molar refractivity (Wildman–Crippen MR) is 50.2 cm³/mol. The van der Waals surface area contributed by atoms with Gasteiger partial charge in [0.25, 0.3) is 0 Å². The van der Waals surface area contributed by atoms with Crippen molar-refractivity contribution in [3.8, 4) is 6.07 Å². The molecular formula is C10H7N2O-. The second-order valence-electron chi connectivity index (χ2n) is 2.97. The molecule has 13 heavy (non-hydrogen) atoms. The van der Waals surface area contributed by atoms with E-state index in [1.54, 1.807) is 31.2 Å². The standard InChI is InChI=1S/C10H7N2O/c1-7-4-9-5-8(6-11)2-3-10(9)12(7)13/h2-5H,1H3/q-1. The number of hydrogen-bond acceptors (Lipinski definition) is 2. The van der Waals surface area contributed by atoms with E-state index in [0.717, 1.165) is 10.1 Å². The molecule has 0 aliphatic heterocycles. The summed E-state index contributed by atoms with van der Waals surface area (Å²) in [6, 6.07) is 8.86. The van der Waals surface area contributed by atoms with Gasteiger partial charge in [0, 0.05) is 16.6 Å². The van der Waals surface area contributed by atoms with Crippen molar-refractivity contribution in [3.63, 3.8) is 0 Å². The minimum Gasteiger partial charge on any atom is -0.805 e. The largest absolute Gasteiger partial charge is 0.805 e. The maximum atomic E-state index is 11.4. The van der Waals surface area contributed by atoms with Gasteiger partial charge in [-0.05, 0) is 31.2 Å². The normalized spacial score (nSPS) is 10.2. The maximum Gasteiger partial charge on any atom is 0.0991 e. The van der Waals surface area contributed by atoms with Crippen LogP contribution in [0.15, 0.2) is 24.3 Å². The molecule has 2 aromatic rings. The average molecular weight is 171 g/mol. The number of nitrogens with zero attached hydrogens (tertiary/aromatic N) is 2. The van der Waals surface area contributed by atoms with Gasteiger partial charge in [-0.25, -0.2) is 0 Å². The van der Waals surface area contributed by atoms with Crippen LogP contribution in [0, 0.1) is 23.5 Å². The number of aromatic nitrogens is 1. The zero-order chi connectivity index (χ0) is 9.42. The van der Waals surface area contributed by atoms with Gasteiger partial charge < -0.3 is 9.94 Å². The Morgan fingerprint density at radius 2 is 2.15 bits per heavy atom. The van der Waals surface area contributed by atoms with Gasteiger partial charge in [-0.1, -0.05) is 0 Å². The smallest absolute Gasteiger partial charge is 0.0991 e. The summed E-state index contributed by atoms with van der Waals surface area (Å²) < 4.78 is 0.872. The zero-order valence-corrected chi connectivity index (χ0v) is 7.11. The van der Waals surface area contributed by atoms with Crippen molar-refractivity contribution in [2.75, 3.05) is 0 Å². The quantitative estimate of drug-likeness (QED) is 0.609. The molecule has 1 aromatic carbocycles. The monoisotopic (exact) mass is 171 g/mol. The number of nitriles is 1. The molecule has 64 valence electrons. The number of aryl methyl sites for hydroxylation is 1. The summed E-state index contributed by atoms with van der Waals surface area (Å²) in [5.74, 6) is 0. The molecule has 0 atom stereocenters. The molecule has 1 heterocycles. The van der Waals surface area contributed by atoms with Crippen LogP contribution in [0.1, 0.15) is 11.3 Å². The number of rotatable bonds is 0. The van der Waals surface area contributed by atoms with Crippen molar-refractivity contribution in [1.29, 1.82) is 5.26 Å². The molecule has 1 aromatic heterocycles. The number of benzene rings is 1. The fourth-order valence-corrected chi connectivity index (χ4v) is 1.40. The molecule has 0 bridgehead atoms. The summed E-state index contributed by atoms with van der Waals surface area (Å²) >= 11 is 0. The van der Waals surface area contributed by atoms with E-state index >= 15 is 0 Å². The Morgan fingerprint density at radius 1 is 1.38 bits per heavy atom. The molecule has 0 radical (unpaired) electrons.